The fourth-order valence-corrected chi connectivity index (χ4v) is 5.73. The quantitative estimate of drug-likeness (QED) is 0.685. The van der Waals surface area contributed by atoms with Gasteiger partial charge in [0.05, 0.1) is 18.6 Å². The Morgan fingerprint density at radius 1 is 1.24 bits per heavy atom. The Bertz CT molecular complexity index is 921. The molecule has 0 bridgehead atoms. The molecule has 0 radical (unpaired) electrons. The molecule has 1 aromatic rings. The largest absolute Gasteiger partial charge is 0.378 e. The number of nitrogens with one attached hydrogen (secondary N) is 1. The molecule has 8 heteroatoms. The molecular formula is C25H42N4O3S. The van der Waals surface area contributed by atoms with Crippen molar-refractivity contribution in [1.82, 2.24) is 14.2 Å². The van der Waals surface area contributed by atoms with E-state index in [0.717, 1.165) is 35.9 Å². The molecule has 2 fully saturated rings. The lowest BCUT2D eigenvalue weighted by molar-refractivity contribution is -0.132. The van der Waals surface area contributed by atoms with Crippen LogP contribution in [0.1, 0.15) is 79.7 Å². The van der Waals surface area contributed by atoms with Crippen LogP contribution in [0.4, 0.5) is 4.79 Å². The summed E-state index contributed by atoms with van der Waals surface area (Å²) in [6.07, 6.45) is 6.77. The minimum atomic E-state index is -0.630. The van der Waals surface area contributed by atoms with Crippen molar-refractivity contribution >= 4 is 23.5 Å². The minimum absolute atomic E-state index is 0.0478. The van der Waals surface area contributed by atoms with Crippen LogP contribution in [0.2, 0.25) is 0 Å². The summed E-state index contributed by atoms with van der Waals surface area (Å²) < 4.78 is 8.40. The smallest absolute Gasteiger partial charge is 0.317 e. The molecule has 2 aliphatic rings. The van der Waals surface area contributed by atoms with Gasteiger partial charge in [-0.1, -0.05) is 34.1 Å². The van der Waals surface area contributed by atoms with E-state index in [2.05, 4.69) is 57.0 Å². The topological polar surface area (TPSA) is 75.9 Å². The number of rotatable bonds is 5. The fraction of sp³-hybridized carbons (Fsp3) is 0.800. The van der Waals surface area contributed by atoms with E-state index in [1.54, 1.807) is 16.4 Å². The Kier molecular flexibility index (Phi) is 7.79. The van der Waals surface area contributed by atoms with Gasteiger partial charge in [-0.3, -0.25) is 8.75 Å². The van der Waals surface area contributed by atoms with E-state index in [-0.39, 0.29) is 23.5 Å². The summed E-state index contributed by atoms with van der Waals surface area (Å²) in [5.74, 6) is -0.0729. The van der Waals surface area contributed by atoms with E-state index in [0.29, 0.717) is 32.7 Å². The second-order valence-electron chi connectivity index (χ2n) is 11.3. The summed E-state index contributed by atoms with van der Waals surface area (Å²) in [5.41, 5.74) is 0.0698. The predicted molar refractivity (Wildman–Crippen MR) is 132 cm³/mol. The Morgan fingerprint density at radius 2 is 1.91 bits per heavy atom. The van der Waals surface area contributed by atoms with Gasteiger partial charge in [0.1, 0.15) is 4.67 Å². The van der Waals surface area contributed by atoms with Gasteiger partial charge in [-0.05, 0) is 63.4 Å². The van der Waals surface area contributed by atoms with Crippen molar-refractivity contribution in [3.05, 3.63) is 16.4 Å². The number of amides is 3. The number of aromatic nitrogens is 1. The summed E-state index contributed by atoms with van der Waals surface area (Å²) >= 11 is 1.57. The molecule has 1 saturated carbocycles. The third-order valence-corrected chi connectivity index (χ3v) is 9.07. The predicted octanol–water partition coefficient (Wildman–Crippen LogP) is 4.31. The zero-order chi connectivity index (χ0) is 24.4. The zero-order valence-electron chi connectivity index (χ0n) is 21.5. The van der Waals surface area contributed by atoms with Crippen LogP contribution in [0.3, 0.4) is 0 Å². The standard InChI is InChI=1S/C25H42N4O3S/c1-8-9-10-18-17-29(23(2,3)4)33-20(18)27-21(30)25(7)12-11-19(24(25,5)6)26-22(31)28-13-15-32-16-14-28/h17,19H,8-16H2,1-7H3,(H,26,31)/t19-,25-/m0/s1. The first-order valence-electron chi connectivity index (χ1n) is 12.3. The summed E-state index contributed by atoms with van der Waals surface area (Å²) in [5, 5.41) is 3.21. The van der Waals surface area contributed by atoms with Crippen LogP contribution in [-0.2, 0) is 21.5 Å². The van der Waals surface area contributed by atoms with E-state index in [1.165, 1.54) is 0 Å². The molecule has 2 atom stereocenters. The molecule has 1 saturated heterocycles. The maximum absolute atomic E-state index is 13.7. The molecule has 0 spiro atoms. The summed E-state index contributed by atoms with van der Waals surface area (Å²) in [7, 11) is 0. The van der Waals surface area contributed by atoms with Crippen molar-refractivity contribution in [3.8, 4) is 0 Å². The van der Waals surface area contributed by atoms with Crippen LogP contribution < -0.4 is 9.99 Å². The number of aryl methyl sites for hydroxylation is 1. The van der Waals surface area contributed by atoms with Crippen LogP contribution in [0.25, 0.3) is 0 Å². The van der Waals surface area contributed by atoms with Crippen molar-refractivity contribution < 1.29 is 14.3 Å². The number of carbonyl (C=O) groups is 2. The van der Waals surface area contributed by atoms with Crippen LogP contribution in [0.5, 0.6) is 0 Å². The average Bonchev–Trinajstić information content (AvgIpc) is 3.27. The molecule has 1 aliphatic carbocycles. The lowest BCUT2D eigenvalue weighted by Crippen LogP contribution is -2.54. The maximum Gasteiger partial charge on any atom is 0.317 e. The number of unbranched alkanes of at least 4 members (excludes halogenated alkanes) is 1. The third-order valence-electron chi connectivity index (χ3n) is 7.69. The lowest BCUT2D eigenvalue weighted by atomic mass is 9.67. The number of hydrogen-bond donors (Lipinski definition) is 1. The fourth-order valence-electron chi connectivity index (χ4n) is 4.69. The first kappa shape index (κ1) is 25.9. The van der Waals surface area contributed by atoms with E-state index in [4.69, 9.17) is 9.73 Å². The molecular weight excluding hydrogens is 436 g/mol. The summed E-state index contributed by atoms with van der Waals surface area (Å²) in [6, 6.07) is -0.129. The minimum Gasteiger partial charge on any atom is -0.378 e. The highest BCUT2D eigenvalue weighted by Crippen LogP contribution is 2.53. The Hall–Kier alpha value is -1.67. The molecule has 2 heterocycles. The van der Waals surface area contributed by atoms with Gasteiger partial charge in [0.2, 0.25) is 0 Å². The van der Waals surface area contributed by atoms with Gasteiger partial charge < -0.3 is 15.0 Å². The van der Waals surface area contributed by atoms with Gasteiger partial charge in [0, 0.05) is 36.4 Å². The molecule has 3 rings (SSSR count). The highest BCUT2D eigenvalue weighted by atomic mass is 32.1. The maximum atomic E-state index is 13.7. The van der Waals surface area contributed by atoms with Gasteiger partial charge in [-0.15, -0.1) is 0 Å². The van der Waals surface area contributed by atoms with E-state index >= 15 is 0 Å². The van der Waals surface area contributed by atoms with Crippen molar-refractivity contribution in [2.75, 3.05) is 26.3 Å². The zero-order valence-corrected chi connectivity index (χ0v) is 22.3. The van der Waals surface area contributed by atoms with Gasteiger partial charge in [-0.2, -0.15) is 0 Å². The number of morpholine rings is 1. The number of hydrogen-bond acceptors (Lipinski definition) is 4. The Balaban J connectivity index is 1.83. The van der Waals surface area contributed by atoms with E-state index < -0.39 is 10.8 Å². The van der Waals surface area contributed by atoms with Crippen LogP contribution >= 0.6 is 11.5 Å². The van der Waals surface area contributed by atoms with Crippen LogP contribution in [-0.4, -0.2) is 53.1 Å². The van der Waals surface area contributed by atoms with E-state index in [1.807, 2.05) is 6.92 Å². The summed E-state index contributed by atoms with van der Waals surface area (Å²) in [4.78, 5) is 33.0. The molecule has 1 aromatic heterocycles. The SMILES string of the molecule is CCCCc1cn(C(C)(C)C)sc1=NC(=O)[C@]1(C)CC[C@H](NC(=O)N2CCOCC2)C1(C)C. The van der Waals surface area contributed by atoms with Gasteiger partial charge in [-0.25, -0.2) is 9.79 Å². The normalized spacial score (nSPS) is 26.0. The highest BCUT2D eigenvalue weighted by Gasteiger charge is 2.56. The number of nitrogens with zero attached hydrogens (tertiary/aromatic N) is 3. The van der Waals surface area contributed by atoms with Gasteiger partial charge >= 0.3 is 6.03 Å². The average molecular weight is 479 g/mol. The molecule has 186 valence electrons. The Labute approximate surface area is 202 Å². The summed E-state index contributed by atoms with van der Waals surface area (Å²) in [6.45, 7) is 17.3. The van der Waals surface area contributed by atoms with Crippen molar-refractivity contribution in [3.63, 3.8) is 0 Å². The number of ether oxygens (including phenoxy) is 1. The molecule has 1 aliphatic heterocycles. The first-order valence-corrected chi connectivity index (χ1v) is 13.1. The Morgan fingerprint density at radius 3 is 2.52 bits per heavy atom. The second kappa shape index (κ2) is 9.90. The van der Waals surface area contributed by atoms with Crippen molar-refractivity contribution in [2.24, 2.45) is 15.8 Å². The second-order valence-corrected chi connectivity index (χ2v) is 12.2. The van der Waals surface area contributed by atoms with Crippen LogP contribution in [0, 0.1) is 10.8 Å². The molecule has 0 unspecified atom stereocenters. The molecule has 0 aromatic carbocycles. The van der Waals surface area contributed by atoms with Gasteiger partial charge in [0.25, 0.3) is 5.91 Å². The third kappa shape index (κ3) is 5.37. The highest BCUT2D eigenvalue weighted by molar-refractivity contribution is 7.04. The van der Waals surface area contributed by atoms with Crippen molar-refractivity contribution in [2.45, 2.75) is 92.2 Å². The molecule has 3 amide bonds. The van der Waals surface area contributed by atoms with E-state index in [9.17, 15) is 9.59 Å². The first-order chi connectivity index (χ1) is 15.4. The van der Waals surface area contributed by atoms with Crippen LogP contribution in [0.15, 0.2) is 11.2 Å². The number of carbonyl (C=O) groups excluding carboxylic acids is 2. The lowest BCUT2D eigenvalue weighted by Gasteiger charge is -2.40. The van der Waals surface area contributed by atoms with Crippen molar-refractivity contribution in [1.29, 1.82) is 0 Å². The molecule has 1 N–H and O–H groups in total. The monoisotopic (exact) mass is 478 g/mol. The number of urea groups is 1. The van der Waals surface area contributed by atoms with Gasteiger partial charge in [0.15, 0.2) is 0 Å². The molecule has 33 heavy (non-hydrogen) atoms. The molecule has 7 nitrogen and oxygen atoms in total.